The Kier molecular flexibility index (Phi) is 5.51. The summed E-state index contributed by atoms with van der Waals surface area (Å²) in [6, 6.07) is 13.4. The summed E-state index contributed by atoms with van der Waals surface area (Å²) in [6.07, 6.45) is 2.12. The summed E-state index contributed by atoms with van der Waals surface area (Å²) in [5.41, 5.74) is 0.712. The Balaban J connectivity index is 1.51. The molecule has 136 valence electrons. The van der Waals surface area contributed by atoms with E-state index >= 15 is 0 Å². The first-order valence-electron chi connectivity index (χ1n) is 8.82. The Hall–Kier alpha value is -2.89. The van der Waals surface area contributed by atoms with Gasteiger partial charge in [-0.15, -0.1) is 0 Å². The van der Waals surface area contributed by atoms with Gasteiger partial charge in [0.1, 0.15) is 0 Å². The second kappa shape index (κ2) is 7.99. The lowest BCUT2D eigenvalue weighted by atomic mass is 9.81. The zero-order valence-corrected chi connectivity index (χ0v) is 14.4. The average Bonchev–Trinajstić information content (AvgIpc) is 2.66. The molecule has 2 aromatic carbocycles. The first kappa shape index (κ1) is 17.9. The van der Waals surface area contributed by atoms with Crippen molar-refractivity contribution in [3.05, 3.63) is 42.5 Å². The number of aliphatic carboxylic acids is 1. The van der Waals surface area contributed by atoms with E-state index < -0.39 is 5.97 Å². The van der Waals surface area contributed by atoms with Crippen LogP contribution in [0.3, 0.4) is 0 Å². The van der Waals surface area contributed by atoms with Crippen molar-refractivity contribution in [3.8, 4) is 0 Å². The van der Waals surface area contributed by atoms with Crippen molar-refractivity contribution in [1.82, 2.24) is 5.32 Å². The lowest BCUT2D eigenvalue weighted by molar-refractivity contribution is -0.144. The number of amides is 2. The van der Waals surface area contributed by atoms with Crippen molar-refractivity contribution < 1.29 is 19.5 Å². The number of hydrogen-bond acceptors (Lipinski definition) is 3. The highest BCUT2D eigenvalue weighted by Gasteiger charge is 2.29. The topological polar surface area (TPSA) is 95.5 Å². The molecule has 2 aromatic rings. The fourth-order valence-electron chi connectivity index (χ4n) is 3.44. The molecule has 0 heterocycles. The van der Waals surface area contributed by atoms with E-state index in [2.05, 4.69) is 10.6 Å². The first-order chi connectivity index (χ1) is 12.5. The van der Waals surface area contributed by atoms with E-state index in [0.717, 1.165) is 10.8 Å². The second-order valence-corrected chi connectivity index (χ2v) is 6.68. The van der Waals surface area contributed by atoms with Crippen LogP contribution in [0.2, 0.25) is 0 Å². The summed E-state index contributed by atoms with van der Waals surface area (Å²) < 4.78 is 0. The number of benzene rings is 2. The van der Waals surface area contributed by atoms with Crippen molar-refractivity contribution >= 4 is 34.2 Å². The van der Waals surface area contributed by atoms with Crippen molar-refractivity contribution in [1.29, 1.82) is 0 Å². The predicted molar refractivity (Wildman–Crippen MR) is 98.7 cm³/mol. The molecule has 0 aromatic heterocycles. The predicted octanol–water partition coefficient (Wildman–Crippen LogP) is 2.79. The molecular formula is C20H22N2O4. The van der Waals surface area contributed by atoms with E-state index in [1.54, 1.807) is 0 Å². The molecule has 1 aliphatic carbocycles. The molecule has 0 saturated heterocycles. The Bertz CT molecular complexity index is 820. The van der Waals surface area contributed by atoms with Gasteiger partial charge in [-0.05, 0) is 37.1 Å². The minimum atomic E-state index is -0.793. The molecule has 3 N–H and O–H groups in total. The van der Waals surface area contributed by atoms with Crippen molar-refractivity contribution in [2.24, 2.45) is 11.8 Å². The molecule has 1 fully saturated rings. The van der Waals surface area contributed by atoms with Gasteiger partial charge in [-0.1, -0.05) is 36.4 Å². The van der Waals surface area contributed by atoms with E-state index in [1.807, 2.05) is 42.5 Å². The number of carbonyl (C=O) groups is 3. The molecule has 1 saturated carbocycles. The Morgan fingerprint density at radius 3 is 2.31 bits per heavy atom. The van der Waals surface area contributed by atoms with Gasteiger partial charge in [0.25, 0.3) is 0 Å². The smallest absolute Gasteiger partial charge is 0.306 e. The number of carbonyl (C=O) groups excluding carboxylic acids is 2. The van der Waals surface area contributed by atoms with Gasteiger partial charge in [0.15, 0.2) is 0 Å². The van der Waals surface area contributed by atoms with Gasteiger partial charge in [-0.25, -0.2) is 0 Å². The van der Waals surface area contributed by atoms with Crippen LogP contribution in [0.5, 0.6) is 0 Å². The van der Waals surface area contributed by atoms with Crippen LogP contribution >= 0.6 is 0 Å². The summed E-state index contributed by atoms with van der Waals surface area (Å²) in [4.78, 5) is 35.3. The maximum atomic E-state index is 12.2. The second-order valence-electron chi connectivity index (χ2n) is 6.68. The highest BCUT2D eigenvalue weighted by Crippen LogP contribution is 2.29. The van der Waals surface area contributed by atoms with Crippen LogP contribution < -0.4 is 10.6 Å². The molecule has 1 aliphatic rings. The molecule has 0 bridgehead atoms. The van der Waals surface area contributed by atoms with Gasteiger partial charge in [0, 0.05) is 17.0 Å². The molecular weight excluding hydrogens is 332 g/mol. The number of rotatable bonds is 5. The number of nitrogens with one attached hydrogen (secondary N) is 2. The summed E-state index contributed by atoms with van der Waals surface area (Å²) in [5, 5.41) is 16.5. The minimum Gasteiger partial charge on any atom is -0.481 e. The average molecular weight is 354 g/mol. The Morgan fingerprint density at radius 1 is 0.923 bits per heavy atom. The minimum absolute atomic E-state index is 0.0963. The van der Waals surface area contributed by atoms with Crippen molar-refractivity contribution in [2.45, 2.75) is 25.7 Å². The van der Waals surface area contributed by atoms with Crippen LogP contribution in [0, 0.1) is 11.8 Å². The monoisotopic (exact) mass is 354 g/mol. The van der Waals surface area contributed by atoms with E-state index in [0.29, 0.717) is 31.4 Å². The summed E-state index contributed by atoms with van der Waals surface area (Å²) >= 11 is 0. The largest absolute Gasteiger partial charge is 0.481 e. The van der Waals surface area contributed by atoms with Gasteiger partial charge < -0.3 is 15.7 Å². The van der Waals surface area contributed by atoms with E-state index in [-0.39, 0.29) is 30.2 Å². The van der Waals surface area contributed by atoms with Gasteiger partial charge in [0.2, 0.25) is 11.8 Å². The van der Waals surface area contributed by atoms with Crippen molar-refractivity contribution in [2.75, 3.05) is 11.9 Å². The van der Waals surface area contributed by atoms with Gasteiger partial charge in [-0.2, -0.15) is 0 Å². The summed E-state index contributed by atoms with van der Waals surface area (Å²) in [6.45, 7) is -0.0963. The van der Waals surface area contributed by atoms with Crippen LogP contribution in [-0.4, -0.2) is 29.4 Å². The standard InChI is InChI=1S/C20H22N2O4/c23-18(22-17-7-3-5-13-4-1-2-6-16(13)17)12-21-19(24)14-8-10-15(11-9-14)20(25)26/h1-7,14-15H,8-12H2,(H,21,24)(H,22,23)(H,25,26). The third-order valence-corrected chi connectivity index (χ3v) is 4.93. The fourth-order valence-corrected chi connectivity index (χ4v) is 3.44. The van der Waals surface area contributed by atoms with Crippen LogP contribution in [0.15, 0.2) is 42.5 Å². The molecule has 0 aliphatic heterocycles. The summed E-state index contributed by atoms with van der Waals surface area (Å²) in [7, 11) is 0. The van der Waals surface area contributed by atoms with Gasteiger partial charge in [0.05, 0.1) is 12.5 Å². The van der Waals surface area contributed by atoms with E-state index in [4.69, 9.17) is 5.11 Å². The highest BCUT2D eigenvalue weighted by atomic mass is 16.4. The van der Waals surface area contributed by atoms with Crippen molar-refractivity contribution in [3.63, 3.8) is 0 Å². The van der Waals surface area contributed by atoms with E-state index in [9.17, 15) is 14.4 Å². The highest BCUT2D eigenvalue weighted by molar-refractivity contribution is 6.03. The van der Waals surface area contributed by atoms with Crippen LogP contribution in [0.25, 0.3) is 10.8 Å². The van der Waals surface area contributed by atoms with Gasteiger partial charge >= 0.3 is 5.97 Å². The molecule has 0 unspecified atom stereocenters. The Labute approximate surface area is 151 Å². The molecule has 0 radical (unpaired) electrons. The van der Waals surface area contributed by atoms with Crippen LogP contribution in [-0.2, 0) is 14.4 Å². The molecule has 6 heteroatoms. The fraction of sp³-hybridized carbons (Fsp3) is 0.350. The van der Waals surface area contributed by atoms with E-state index in [1.165, 1.54) is 0 Å². The first-order valence-corrected chi connectivity index (χ1v) is 8.82. The zero-order chi connectivity index (χ0) is 18.5. The summed E-state index contributed by atoms with van der Waals surface area (Å²) in [5.74, 6) is -1.82. The van der Waals surface area contributed by atoms with Gasteiger partial charge in [-0.3, -0.25) is 14.4 Å². The number of hydrogen-bond donors (Lipinski definition) is 3. The van der Waals surface area contributed by atoms with Crippen LogP contribution in [0.1, 0.15) is 25.7 Å². The quantitative estimate of drug-likeness (QED) is 0.769. The number of carboxylic acid groups (broad SMARTS) is 1. The maximum Gasteiger partial charge on any atom is 0.306 e. The number of anilines is 1. The third-order valence-electron chi connectivity index (χ3n) is 4.93. The SMILES string of the molecule is O=C(CNC(=O)C1CCC(C(=O)O)CC1)Nc1cccc2ccccc12. The molecule has 0 atom stereocenters. The zero-order valence-electron chi connectivity index (χ0n) is 14.4. The molecule has 0 spiro atoms. The lowest BCUT2D eigenvalue weighted by Crippen LogP contribution is -2.38. The third kappa shape index (κ3) is 4.20. The van der Waals surface area contributed by atoms with Crippen LogP contribution in [0.4, 0.5) is 5.69 Å². The maximum absolute atomic E-state index is 12.2. The Morgan fingerprint density at radius 2 is 1.58 bits per heavy atom. The molecule has 3 rings (SSSR count). The lowest BCUT2D eigenvalue weighted by Gasteiger charge is -2.25. The number of fused-ring (bicyclic) bond motifs is 1. The normalized spacial score (nSPS) is 19.7. The number of carboxylic acids is 1. The molecule has 6 nitrogen and oxygen atoms in total. The molecule has 2 amide bonds. The molecule has 26 heavy (non-hydrogen) atoms.